The molecule has 0 fully saturated rings. The lowest BCUT2D eigenvalue weighted by molar-refractivity contribution is 0.101. The second kappa shape index (κ2) is 5.69. The molecule has 3 nitrogen and oxygen atoms in total. The van der Waals surface area contributed by atoms with Crippen molar-refractivity contribution in [1.29, 1.82) is 0 Å². The van der Waals surface area contributed by atoms with Gasteiger partial charge in [0.25, 0.3) is 0 Å². The zero-order valence-corrected chi connectivity index (χ0v) is 12.7. The van der Waals surface area contributed by atoms with Gasteiger partial charge in [0.15, 0.2) is 19.8 Å². The first-order valence-electron chi connectivity index (χ1n) is 4.64. The summed E-state index contributed by atoms with van der Waals surface area (Å²) in [5.41, 5.74) is 0.134. The molecule has 0 aromatic heterocycles. The van der Waals surface area contributed by atoms with Crippen LogP contribution in [0, 0.1) is 0 Å². The van der Waals surface area contributed by atoms with Gasteiger partial charge in [-0.05, 0) is 18.2 Å². The summed E-state index contributed by atoms with van der Waals surface area (Å²) < 4.78 is 21.8. The van der Waals surface area contributed by atoms with Gasteiger partial charge in [-0.1, -0.05) is 46.1 Å². The Balaban J connectivity index is 3.14. The number of benzene rings is 1. The number of sulfone groups is 1. The first-order chi connectivity index (χ1) is 7.79. The van der Waals surface area contributed by atoms with E-state index in [4.69, 9.17) is 23.2 Å². The van der Waals surface area contributed by atoms with Gasteiger partial charge >= 0.3 is 0 Å². The van der Waals surface area contributed by atoms with E-state index in [1.165, 1.54) is 25.1 Å². The van der Waals surface area contributed by atoms with Crippen LogP contribution in [0.1, 0.15) is 17.3 Å². The zero-order chi connectivity index (χ0) is 13.2. The molecular formula is C10H9BrCl2O3S. The zero-order valence-electron chi connectivity index (χ0n) is 8.78. The predicted molar refractivity (Wildman–Crippen MR) is 73.0 cm³/mol. The van der Waals surface area contributed by atoms with Crippen molar-refractivity contribution in [3.8, 4) is 0 Å². The van der Waals surface area contributed by atoms with Crippen LogP contribution in [0.3, 0.4) is 0 Å². The number of alkyl halides is 1. The Labute approximate surface area is 118 Å². The highest BCUT2D eigenvalue weighted by molar-refractivity contribution is 9.11. The molecule has 17 heavy (non-hydrogen) atoms. The van der Waals surface area contributed by atoms with Gasteiger partial charge in [-0.15, -0.1) is 0 Å². The molecule has 1 aromatic rings. The molecule has 1 aromatic carbocycles. The predicted octanol–water partition coefficient (Wildman–Crippen LogP) is 3.33. The van der Waals surface area contributed by atoms with Gasteiger partial charge in [0.2, 0.25) is 0 Å². The molecule has 1 atom stereocenters. The van der Waals surface area contributed by atoms with Gasteiger partial charge in [-0.3, -0.25) is 4.79 Å². The number of Topliss-reactive ketones (excluding diaryl/α,β-unsaturated/α-hetero) is 1. The minimum atomic E-state index is -3.50. The van der Waals surface area contributed by atoms with E-state index in [0.29, 0.717) is 5.02 Å². The van der Waals surface area contributed by atoms with Gasteiger partial charge in [-0.25, -0.2) is 8.42 Å². The van der Waals surface area contributed by atoms with Crippen molar-refractivity contribution in [3.63, 3.8) is 0 Å². The number of carbonyl (C=O) groups excluding carboxylic acids is 1. The molecule has 7 heteroatoms. The van der Waals surface area contributed by atoms with Gasteiger partial charge in [0.05, 0.1) is 5.02 Å². The second-order valence-corrected chi connectivity index (χ2v) is 8.00. The van der Waals surface area contributed by atoms with E-state index in [9.17, 15) is 13.2 Å². The Morgan fingerprint density at radius 3 is 2.47 bits per heavy atom. The van der Waals surface area contributed by atoms with E-state index in [1.54, 1.807) is 0 Å². The number of carbonyl (C=O) groups is 1. The molecule has 0 aliphatic heterocycles. The number of halogens is 3. The van der Waals surface area contributed by atoms with Crippen molar-refractivity contribution >= 4 is 54.8 Å². The van der Waals surface area contributed by atoms with Crippen LogP contribution >= 0.6 is 39.1 Å². The van der Waals surface area contributed by atoms with E-state index >= 15 is 0 Å². The van der Waals surface area contributed by atoms with Gasteiger partial charge in [-0.2, -0.15) is 0 Å². The fourth-order valence-electron chi connectivity index (χ4n) is 1.12. The molecule has 94 valence electrons. The molecule has 0 aliphatic rings. The van der Waals surface area contributed by atoms with Crippen LogP contribution in [0.5, 0.6) is 0 Å². The first kappa shape index (κ1) is 15.0. The van der Waals surface area contributed by atoms with Crippen LogP contribution in [0.4, 0.5) is 0 Å². The molecule has 0 radical (unpaired) electrons. The van der Waals surface area contributed by atoms with E-state index in [0.717, 1.165) is 0 Å². The topological polar surface area (TPSA) is 51.2 Å². The monoisotopic (exact) mass is 358 g/mol. The summed E-state index contributed by atoms with van der Waals surface area (Å²) >= 11 is 14.4. The lowest BCUT2D eigenvalue weighted by atomic mass is 10.1. The third kappa shape index (κ3) is 3.44. The molecule has 0 saturated heterocycles. The van der Waals surface area contributed by atoms with E-state index < -0.39 is 19.8 Å². The molecule has 0 saturated carbocycles. The largest absolute Gasteiger partial charge is 0.292 e. The Bertz CT molecular complexity index is 542. The standard InChI is InChI=1S/C10H9BrCl2O3S/c1-2-17(15,16)10(11)9(14)7-4-3-6(12)5-8(7)13/h3-5,10H,2H2,1H3/t10-/m1/s1. The van der Waals surface area contributed by atoms with Crippen LogP contribution < -0.4 is 0 Å². The Morgan fingerprint density at radius 2 is 2.00 bits per heavy atom. The number of hydrogen-bond donors (Lipinski definition) is 0. The van der Waals surface area contributed by atoms with Gasteiger partial charge in [0.1, 0.15) is 0 Å². The lowest BCUT2D eigenvalue weighted by Gasteiger charge is -2.10. The van der Waals surface area contributed by atoms with E-state index in [-0.39, 0.29) is 16.3 Å². The summed E-state index contributed by atoms with van der Waals surface area (Å²) in [6.45, 7) is 1.47. The quantitative estimate of drug-likeness (QED) is 0.612. The summed E-state index contributed by atoms with van der Waals surface area (Å²) in [4.78, 5) is 11.9. The minimum Gasteiger partial charge on any atom is -0.292 e. The van der Waals surface area contributed by atoms with Crippen molar-refractivity contribution in [2.45, 2.75) is 11.1 Å². The third-order valence-electron chi connectivity index (χ3n) is 2.12. The molecular weight excluding hydrogens is 351 g/mol. The smallest absolute Gasteiger partial charge is 0.193 e. The highest BCUT2D eigenvalue weighted by Crippen LogP contribution is 2.25. The molecule has 0 amide bonds. The number of rotatable bonds is 4. The Morgan fingerprint density at radius 1 is 1.41 bits per heavy atom. The highest BCUT2D eigenvalue weighted by atomic mass is 79.9. The maximum absolute atomic E-state index is 11.9. The number of ketones is 1. The van der Waals surface area contributed by atoms with Crippen LogP contribution in [-0.4, -0.2) is 24.1 Å². The Kier molecular flexibility index (Phi) is 5.01. The van der Waals surface area contributed by atoms with E-state index in [1.807, 2.05) is 0 Å². The normalized spacial score (nSPS) is 13.4. The summed E-state index contributed by atoms with van der Waals surface area (Å²) in [7, 11) is -3.50. The van der Waals surface area contributed by atoms with Crippen LogP contribution in [0.25, 0.3) is 0 Å². The minimum absolute atomic E-state index is 0.125. The summed E-state index contributed by atoms with van der Waals surface area (Å²) in [6.07, 6.45) is 0. The van der Waals surface area contributed by atoms with Crippen molar-refractivity contribution in [2.24, 2.45) is 0 Å². The molecule has 0 unspecified atom stereocenters. The average molecular weight is 360 g/mol. The Hall–Kier alpha value is -0.100. The second-order valence-electron chi connectivity index (χ2n) is 3.26. The van der Waals surface area contributed by atoms with Gasteiger partial charge < -0.3 is 0 Å². The van der Waals surface area contributed by atoms with Crippen LogP contribution in [-0.2, 0) is 9.84 Å². The van der Waals surface area contributed by atoms with Crippen molar-refractivity contribution in [2.75, 3.05) is 5.75 Å². The average Bonchev–Trinajstić information content (AvgIpc) is 2.27. The first-order valence-corrected chi connectivity index (χ1v) is 8.03. The molecule has 0 aliphatic carbocycles. The summed E-state index contributed by atoms with van der Waals surface area (Å²) in [5.74, 6) is -0.714. The fraction of sp³-hybridized carbons (Fsp3) is 0.300. The molecule has 0 spiro atoms. The highest BCUT2D eigenvalue weighted by Gasteiger charge is 2.30. The number of hydrogen-bond acceptors (Lipinski definition) is 3. The molecule has 0 bridgehead atoms. The van der Waals surface area contributed by atoms with Gasteiger partial charge in [0, 0.05) is 16.3 Å². The molecule has 0 N–H and O–H groups in total. The molecule has 0 heterocycles. The molecule has 1 rings (SSSR count). The third-order valence-corrected chi connectivity index (χ3v) is 6.44. The van der Waals surface area contributed by atoms with Crippen molar-refractivity contribution in [1.82, 2.24) is 0 Å². The van der Waals surface area contributed by atoms with Crippen molar-refractivity contribution < 1.29 is 13.2 Å². The maximum atomic E-state index is 11.9. The summed E-state index contributed by atoms with van der Waals surface area (Å²) in [6, 6.07) is 4.29. The lowest BCUT2D eigenvalue weighted by Crippen LogP contribution is -2.26. The van der Waals surface area contributed by atoms with Crippen LogP contribution in [0.2, 0.25) is 10.0 Å². The SMILES string of the molecule is CCS(=O)(=O)[C@@H](Br)C(=O)c1ccc(Cl)cc1Cl. The summed E-state index contributed by atoms with van der Waals surface area (Å²) in [5, 5.41) is 0.522. The maximum Gasteiger partial charge on any atom is 0.193 e. The van der Waals surface area contributed by atoms with Crippen molar-refractivity contribution in [3.05, 3.63) is 33.8 Å². The van der Waals surface area contributed by atoms with Crippen LogP contribution in [0.15, 0.2) is 18.2 Å². The van der Waals surface area contributed by atoms with E-state index in [2.05, 4.69) is 15.9 Å². The fourth-order valence-corrected chi connectivity index (χ4v) is 3.41.